The normalized spacial score (nSPS) is 10.3. The number of hydrogen-bond donors (Lipinski definition) is 2. The quantitative estimate of drug-likeness (QED) is 0.876. The molecule has 7 heteroatoms. The van der Waals surface area contributed by atoms with Crippen molar-refractivity contribution in [2.75, 3.05) is 18.9 Å². The van der Waals surface area contributed by atoms with E-state index < -0.39 is 0 Å². The molecule has 0 aromatic carbocycles. The average Bonchev–Trinajstić information content (AvgIpc) is 2.85. The number of aryl methyl sites for hydroxylation is 1. The van der Waals surface area contributed by atoms with E-state index in [9.17, 15) is 4.79 Å². The van der Waals surface area contributed by atoms with Gasteiger partial charge in [0.05, 0.1) is 5.02 Å². The molecule has 0 aliphatic heterocycles. The average molecular weight is 294 g/mol. The van der Waals surface area contributed by atoms with Gasteiger partial charge in [-0.3, -0.25) is 4.79 Å². The summed E-state index contributed by atoms with van der Waals surface area (Å²) in [6.07, 6.45) is 4.25. The zero-order chi connectivity index (χ0) is 14.5. The Labute approximate surface area is 122 Å². The first-order valence-electron chi connectivity index (χ1n) is 6.20. The van der Waals surface area contributed by atoms with Gasteiger partial charge in [0.25, 0.3) is 5.91 Å². The van der Waals surface area contributed by atoms with Crippen molar-refractivity contribution >= 4 is 23.3 Å². The highest BCUT2D eigenvalue weighted by atomic mass is 35.5. The molecule has 20 heavy (non-hydrogen) atoms. The Morgan fingerprint density at radius 2 is 2.25 bits per heavy atom. The minimum absolute atomic E-state index is 0.221. The molecule has 106 valence electrons. The van der Waals surface area contributed by atoms with Gasteiger partial charge >= 0.3 is 0 Å². The Bertz CT molecular complexity index is 611. The fourth-order valence-corrected chi connectivity index (χ4v) is 1.94. The number of halogens is 1. The van der Waals surface area contributed by atoms with E-state index in [1.807, 2.05) is 17.8 Å². The van der Waals surface area contributed by atoms with Gasteiger partial charge in [-0.2, -0.15) is 0 Å². The molecule has 2 rings (SSSR count). The summed E-state index contributed by atoms with van der Waals surface area (Å²) in [4.78, 5) is 20.4. The first kappa shape index (κ1) is 14.3. The van der Waals surface area contributed by atoms with Gasteiger partial charge in [-0.25, -0.2) is 9.97 Å². The van der Waals surface area contributed by atoms with Crippen LogP contribution in [0.25, 0.3) is 0 Å². The number of nitrogens with one attached hydrogen (secondary N) is 2. The summed E-state index contributed by atoms with van der Waals surface area (Å²) < 4.78 is 1.92. The molecule has 0 saturated heterocycles. The van der Waals surface area contributed by atoms with Crippen molar-refractivity contribution < 1.29 is 4.79 Å². The minimum Gasteiger partial charge on any atom is -0.373 e. The predicted molar refractivity (Wildman–Crippen MR) is 78.0 cm³/mol. The lowest BCUT2D eigenvalue weighted by Crippen LogP contribution is -2.27. The first-order chi connectivity index (χ1) is 9.61. The fourth-order valence-electron chi connectivity index (χ4n) is 1.75. The molecular weight excluding hydrogens is 278 g/mol. The first-order valence-corrected chi connectivity index (χ1v) is 6.58. The number of hydrogen-bond acceptors (Lipinski definition) is 4. The van der Waals surface area contributed by atoms with Crippen LogP contribution in [0.15, 0.2) is 24.5 Å². The van der Waals surface area contributed by atoms with Gasteiger partial charge in [0.15, 0.2) is 0 Å². The van der Waals surface area contributed by atoms with E-state index >= 15 is 0 Å². The summed E-state index contributed by atoms with van der Waals surface area (Å²) in [5.41, 5.74) is 0.221. The van der Waals surface area contributed by atoms with Crippen LogP contribution in [0.5, 0.6) is 0 Å². The lowest BCUT2D eigenvalue weighted by Gasteiger charge is -2.08. The Balaban J connectivity index is 1.96. The van der Waals surface area contributed by atoms with Crippen LogP contribution in [-0.4, -0.2) is 34.0 Å². The SMILES string of the molecule is CNc1ccc(Cl)c(C(=O)NCCc2nccn2C)n1. The number of nitrogens with zero attached hydrogens (tertiary/aromatic N) is 3. The number of imidazole rings is 1. The van der Waals surface area contributed by atoms with E-state index in [0.717, 1.165) is 5.82 Å². The van der Waals surface area contributed by atoms with Crippen LogP contribution >= 0.6 is 11.6 Å². The standard InChI is InChI=1S/C13H16ClN5O/c1-15-10-4-3-9(14)12(18-10)13(20)17-6-5-11-16-7-8-19(11)2/h3-4,7-8H,5-6H2,1-2H3,(H,15,18)(H,17,20). The number of anilines is 1. The van der Waals surface area contributed by atoms with Gasteiger partial charge in [0.1, 0.15) is 17.3 Å². The van der Waals surface area contributed by atoms with Gasteiger partial charge in [-0.15, -0.1) is 0 Å². The molecule has 1 amide bonds. The Morgan fingerprint density at radius 1 is 1.45 bits per heavy atom. The van der Waals surface area contributed by atoms with Crippen molar-refractivity contribution in [3.05, 3.63) is 41.1 Å². The van der Waals surface area contributed by atoms with E-state index in [1.165, 1.54) is 0 Å². The van der Waals surface area contributed by atoms with Crippen molar-refractivity contribution in [1.82, 2.24) is 19.9 Å². The van der Waals surface area contributed by atoms with Crippen molar-refractivity contribution in [3.63, 3.8) is 0 Å². The number of carbonyl (C=O) groups excluding carboxylic acids is 1. The molecular formula is C13H16ClN5O. The van der Waals surface area contributed by atoms with Gasteiger partial charge < -0.3 is 15.2 Å². The molecule has 2 aromatic rings. The van der Waals surface area contributed by atoms with E-state index in [2.05, 4.69) is 20.6 Å². The number of carbonyl (C=O) groups is 1. The highest BCUT2D eigenvalue weighted by Gasteiger charge is 2.12. The lowest BCUT2D eigenvalue weighted by atomic mass is 10.3. The zero-order valence-corrected chi connectivity index (χ0v) is 12.1. The number of amides is 1. The second-order valence-electron chi connectivity index (χ2n) is 4.24. The van der Waals surface area contributed by atoms with E-state index in [0.29, 0.717) is 23.8 Å². The Kier molecular flexibility index (Phi) is 4.57. The third kappa shape index (κ3) is 3.27. The molecule has 2 heterocycles. The van der Waals surface area contributed by atoms with Crippen LogP contribution < -0.4 is 10.6 Å². The topological polar surface area (TPSA) is 71.8 Å². The number of rotatable bonds is 5. The summed E-state index contributed by atoms with van der Waals surface area (Å²) in [6, 6.07) is 3.36. The molecule has 0 aliphatic rings. The molecule has 2 N–H and O–H groups in total. The molecule has 0 fully saturated rings. The van der Waals surface area contributed by atoms with Gasteiger partial charge in [0, 0.05) is 39.5 Å². The Hall–Kier alpha value is -2.08. The van der Waals surface area contributed by atoms with Crippen molar-refractivity contribution in [2.45, 2.75) is 6.42 Å². The molecule has 0 radical (unpaired) electrons. The van der Waals surface area contributed by atoms with E-state index in [-0.39, 0.29) is 11.6 Å². The summed E-state index contributed by atoms with van der Waals surface area (Å²) in [5.74, 6) is 1.22. The highest BCUT2D eigenvalue weighted by Crippen LogP contribution is 2.16. The van der Waals surface area contributed by atoms with Crippen LogP contribution in [0.2, 0.25) is 5.02 Å². The van der Waals surface area contributed by atoms with Gasteiger partial charge in [-0.1, -0.05) is 11.6 Å². The monoisotopic (exact) mass is 293 g/mol. The van der Waals surface area contributed by atoms with Crippen LogP contribution in [-0.2, 0) is 13.5 Å². The fraction of sp³-hybridized carbons (Fsp3) is 0.308. The maximum atomic E-state index is 12.0. The van der Waals surface area contributed by atoms with Crippen LogP contribution in [0.4, 0.5) is 5.82 Å². The number of aromatic nitrogens is 3. The Morgan fingerprint density at radius 3 is 2.90 bits per heavy atom. The van der Waals surface area contributed by atoms with Crippen molar-refractivity contribution in [2.24, 2.45) is 7.05 Å². The maximum absolute atomic E-state index is 12.0. The summed E-state index contributed by atoms with van der Waals surface area (Å²) >= 11 is 5.98. The second-order valence-corrected chi connectivity index (χ2v) is 4.64. The van der Waals surface area contributed by atoms with Crippen LogP contribution in [0, 0.1) is 0 Å². The predicted octanol–water partition coefficient (Wildman–Crippen LogP) is 1.48. The molecule has 2 aromatic heterocycles. The van der Waals surface area contributed by atoms with Crippen LogP contribution in [0.1, 0.15) is 16.3 Å². The smallest absolute Gasteiger partial charge is 0.271 e. The van der Waals surface area contributed by atoms with Gasteiger partial charge in [0.2, 0.25) is 0 Å². The molecule has 6 nitrogen and oxygen atoms in total. The van der Waals surface area contributed by atoms with Crippen molar-refractivity contribution in [3.8, 4) is 0 Å². The summed E-state index contributed by atoms with van der Waals surface area (Å²) in [5, 5.41) is 5.99. The second kappa shape index (κ2) is 6.38. The summed E-state index contributed by atoms with van der Waals surface area (Å²) in [6.45, 7) is 0.478. The third-order valence-electron chi connectivity index (χ3n) is 2.87. The number of pyridine rings is 1. The molecule has 0 spiro atoms. The minimum atomic E-state index is -0.290. The molecule has 0 saturated carbocycles. The van der Waals surface area contributed by atoms with Crippen LogP contribution in [0.3, 0.4) is 0 Å². The van der Waals surface area contributed by atoms with E-state index in [4.69, 9.17) is 11.6 Å². The zero-order valence-electron chi connectivity index (χ0n) is 11.4. The molecule has 0 bridgehead atoms. The maximum Gasteiger partial charge on any atom is 0.271 e. The summed E-state index contributed by atoms with van der Waals surface area (Å²) in [7, 11) is 3.65. The van der Waals surface area contributed by atoms with Crippen molar-refractivity contribution in [1.29, 1.82) is 0 Å². The third-order valence-corrected chi connectivity index (χ3v) is 3.18. The molecule has 0 aliphatic carbocycles. The lowest BCUT2D eigenvalue weighted by molar-refractivity contribution is 0.0949. The molecule has 0 atom stereocenters. The highest BCUT2D eigenvalue weighted by molar-refractivity contribution is 6.33. The largest absolute Gasteiger partial charge is 0.373 e. The van der Waals surface area contributed by atoms with Gasteiger partial charge in [-0.05, 0) is 12.1 Å². The molecule has 0 unspecified atom stereocenters. The van der Waals surface area contributed by atoms with E-state index in [1.54, 1.807) is 25.4 Å².